The predicted molar refractivity (Wildman–Crippen MR) is 136 cm³/mol. The largest absolute Gasteiger partial charge is 0.299 e. The molecule has 0 radical (unpaired) electrons. The zero-order valence-corrected chi connectivity index (χ0v) is 22.2. The van der Waals surface area contributed by atoms with Gasteiger partial charge in [-0.1, -0.05) is 72.3 Å². The molecule has 1 unspecified atom stereocenters. The lowest BCUT2D eigenvalue weighted by atomic mass is 9.44. The van der Waals surface area contributed by atoms with Crippen LogP contribution in [0, 0.1) is 39.4 Å². The minimum absolute atomic E-state index is 0.165. The number of carbonyl (C=O) groups excluding carboxylic acids is 1. The van der Waals surface area contributed by atoms with E-state index in [4.69, 9.17) is 0 Å². The molecule has 1 heteroatoms. The van der Waals surface area contributed by atoms with Crippen LogP contribution in [0.1, 0.15) is 113 Å². The highest BCUT2D eigenvalue weighted by Crippen LogP contribution is 2.71. The third-order valence-corrected chi connectivity index (χ3v) is 11.4. The molecule has 0 spiro atoms. The zero-order valence-electron chi connectivity index (χ0n) is 22.2. The van der Waals surface area contributed by atoms with Crippen molar-refractivity contribution >= 4 is 5.78 Å². The molecule has 2 fully saturated rings. The summed E-state index contributed by atoms with van der Waals surface area (Å²) in [5.74, 6) is 2.50. The van der Waals surface area contributed by atoms with Crippen LogP contribution in [0.4, 0.5) is 0 Å². The van der Waals surface area contributed by atoms with Crippen LogP contribution in [0.3, 0.4) is 0 Å². The SMILES string of the molecule is CC/C(C)=C\CC[C@@H](C)[C@H]1CC[C@@]2(C)C3=CCC4C(C)(C)C(=O)CC[C@]4(C)C3=CC[C@]12C. The van der Waals surface area contributed by atoms with Gasteiger partial charge in [0.2, 0.25) is 0 Å². The van der Waals surface area contributed by atoms with Crippen molar-refractivity contribution in [1.82, 2.24) is 0 Å². The Kier molecular flexibility index (Phi) is 6.00. The molecule has 4 rings (SSSR count). The summed E-state index contributed by atoms with van der Waals surface area (Å²) in [6.07, 6.45) is 18.2. The molecule has 0 aromatic rings. The van der Waals surface area contributed by atoms with Gasteiger partial charge in [0, 0.05) is 11.8 Å². The van der Waals surface area contributed by atoms with E-state index in [2.05, 4.69) is 73.6 Å². The van der Waals surface area contributed by atoms with Crippen LogP contribution < -0.4 is 0 Å². The van der Waals surface area contributed by atoms with Gasteiger partial charge >= 0.3 is 0 Å². The van der Waals surface area contributed by atoms with Gasteiger partial charge in [-0.15, -0.1) is 0 Å². The van der Waals surface area contributed by atoms with Crippen molar-refractivity contribution in [2.75, 3.05) is 0 Å². The van der Waals surface area contributed by atoms with Crippen molar-refractivity contribution < 1.29 is 4.79 Å². The molecule has 0 amide bonds. The Hall–Kier alpha value is -1.11. The van der Waals surface area contributed by atoms with Crippen LogP contribution in [-0.4, -0.2) is 5.78 Å². The topological polar surface area (TPSA) is 17.1 Å². The maximum atomic E-state index is 12.8. The van der Waals surface area contributed by atoms with E-state index in [1.807, 2.05) is 0 Å². The van der Waals surface area contributed by atoms with Crippen LogP contribution in [0.5, 0.6) is 0 Å². The smallest absolute Gasteiger partial charge is 0.138 e. The predicted octanol–water partition coefficient (Wildman–Crippen LogP) is 8.85. The average Bonchev–Trinajstić information content (AvgIpc) is 3.02. The first-order chi connectivity index (χ1) is 14.9. The number of ketones is 1. The fraction of sp³-hybridized carbons (Fsp3) is 0.774. The van der Waals surface area contributed by atoms with Crippen LogP contribution in [-0.2, 0) is 4.79 Å². The van der Waals surface area contributed by atoms with E-state index in [9.17, 15) is 4.79 Å². The summed E-state index contributed by atoms with van der Waals surface area (Å²) >= 11 is 0. The van der Waals surface area contributed by atoms with E-state index in [-0.39, 0.29) is 16.2 Å². The van der Waals surface area contributed by atoms with Crippen molar-refractivity contribution in [2.24, 2.45) is 39.4 Å². The molecule has 0 aliphatic heterocycles. The Balaban J connectivity index is 1.63. The van der Waals surface area contributed by atoms with Gasteiger partial charge in [0.15, 0.2) is 0 Å². The first-order valence-corrected chi connectivity index (χ1v) is 13.5. The van der Waals surface area contributed by atoms with Crippen LogP contribution in [0.15, 0.2) is 34.9 Å². The fourth-order valence-electron chi connectivity index (χ4n) is 8.70. The van der Waals surface area contributed by atoms with Crippen molar-refractivity contribution in [3.63, 3.8) is 0 Å². The molecule has 0 saturated heterocycles. The number of hydrogen-bond acceptors (Lipinski definition) is 1. The molecular weight excluding hydrogens is 388 g/mol. The fourth-order valence-corrected chi connectivity index (χ4v) is 8.70. The van der Waals surface area contributed by atoms with Crippen molar-refractivity contribution in [3.05, 3.63) is 34.9 Å². The minimum atomic E-state index is -0.200. The highest BCUT2D eigenvalue weighted by atomic mass is 16.1. The van der Waals surface area contributed by atoms with Gasteiger partial charge < -0.3 is 0 Å². The lowest BCUT2D eigenvalue weighted by Crippen LogP contribution is -2.53. The molecule has 4 aliphatic rings. The van der Waals surface area contributed by atoms with Gasteiger partial charge in [0.25, 0.3) is 0 Å². The highest BCUT2D eigenvalue weighted by Gasteiger charge is 2.63. The standard InChI is InChI=1S/C31H48O/c1-9-21(2)11-10-12-22(3)23-15-19-31(8)25-13-14-26-28(4,5)27(32)17-18-29(26,6)24(25)16-20-30(23,31)7/h11,13,16,22-23,26H,9-10,12,14-15,17-20H2,1-8H3/b21-11-/t22-,23-,26?,29-,30-,31+/m1/s1. The monoisotopic (exact) mass is 436 g/mol. The Morgan fingerprint density at radius 2 is 1.84 bits per heavy atom. The quantitative estimate of drug-likeness (QED) is 0.393. The maximum Gasteiger partial charge on any atom is 0.138 e. The Morgan fingerprint density at radius 1 is 1.12 bits per heavy atom. The summed E-state index contributed by atoms with van der Waals surface area (Å²) in [5, 5.41) is 0. The van der Waals surface area contributed by atoms with E-state index < -0.39 is 0 Å². The van der Waals surface area contributed by atoms with Gasteiger partial charge in [-0.2, -0.15) is 0 Å². The van der Waals surface area contributed by atoms with Gasteiger partial charge in [-0.05, 0) is 103 Å². The molecule has 178 valence electrons. The summed E-state index contributed by atoms with van der Waals surface area (Å²) in [6, 6.07) is 0. The molecule has 0 N–H and O–H groups in total. The number of Topliss-reactive ketones (excluding diaryl/α,β-unsaturated/α-hetero) is 1. The summed E-state index contributed by atoms with van der Waals surface area (Å²) in [6.45, 7) is 19.2. The summed E-state index contributed by atoms with van der Waals surface area (Å²) in [7, 11) is 0. The van der Waals surface area contributed by atoms with Crippen LogP contribution in [0.25, 0.3) is 0 Å². The molecular formula is C31H48O. The second-order valence-corrected chi connectivity index (χ2v) is 13.1. The minimum Gasteiger partial charge on any atom is -0.299 e. The van der Waals surface area contributed by atoms with Gasteiger partial charge in [-0.25, -0.2) is 0 Å². The number of rotatable bonds is 5. The van der Waals surface area contributed by atoms with Gasteiger partial charge in [-0.3, -0.25) is 4.79 Å². The Morgan fingerprint density at radius 3 is 2.53 bits per heavy atom. The molecule has 6 atom stereocenters. The molecule has 0 aromatic carbocycles. The number of carbonyl (C=O) groups is 1. The van der Waals surface area contributed by atoms with Crippen molar-refractivity contribution in [1.29, 1.82) is 0 Å². The number of allylic oxidation sites excluding steroid dienone is 6. The molecule has 0 aromatic heterocycles. The van der Waals surface area contributed by atoms with E-state index in [1.54, 1.807) is 11.1 Å². The third kappa shape index (κ3) is 3.27. The van der Waals surface area contributed by atoms with Crippen LogP contribution in [0.2, 0.25) is 0 Å². The van der Waals surface area contributed by atoms with E-state index in [1.165, 1.54) is 44.1 Å². The molecule has 0 heterocycles. The summed E-state index contributed by atoms with van der Waals surface area (Å²) in [5.41, 5.74) is 5.44. The number of hydrogen-bond donors (Lipinski definition) is 0. The first kappa shape index (κ1) is 24.0. The van der Waals surface area contributed by atoms with E-state index >= 15 is 0 Å². The zero-order chi connectivity index (χ0) is 23.5. The average molecular weight is 437 g/mol. The van der Waals surface area contributed by atoms with Crippen LogP contribution >= 0.6 is 0 Å². The normalized spacial score (nSPS) is 41.9. The number of fused-ring (bicyclic) bond motifs is 5. The van der Waals surface area contributed by atoms with Gasteiger partial charge in [0.1, 0.15) is 5.78 Å². The molecule has 4 aliphatic carbocycles. The lowest BCUT2D eigenvalue weighted by molar-refractivity contribution is -0.138. The molecule has 1 nitrogen and oxygen atoms in total. The lowest BCUT2D eigenvalue weighted by Gasteiger charge is -2.59. The second-order valence-electron chi connectivity index (χ2n) is 13.1. The van der Waals surface area contributed by atoms with Crippen molar-refractivity contribution in [2.45, 2.75) is 113 Å². The maximum absolute atomic E-state index is 12.8. The molecule has 0 bridgehead atoms. The van der Waals surface area contributed by atoms with Crippen molar-refractivity contribution in [3.8, 4) is 0 Å². The Labute approximate surface area is 198 Å². The second kappa shape index (κ2) is 7.99. The highest BCUT2D eigenvalue weighted by molar-refractivity contribution is 5.86. The first-order valence-electron chi connectivity index (χ1n) is 13.5. The van der Waals surface area contributed by atoms with E-state index in [0.29, 0.717) is 17.1 Å². The van der Waals surface area contributed by atoms with Gasteiger partial charge in [0.05, 0.1) is 0 Å². The summed E-state index contributed by atoms with van der Waals surface area (Å²) < 4.78 is 0. The Bertz CT molecular complexity index is 869. The molecule has 32 heavy (non-hydrogen) atoms. The van der Waals surface area contributed by atoms with E-state index in [0.717, 1.165) is 31.1 Å². The molecule has 2 saturated carbocycles. The third-order valence-electron chi connectivity index (χ3n) is 11.4. The summed E-state index contributed by atoms with van der Waals surface area (Å²) in [4.78, 5) is 12.8.